The van der Waals surface area contributed by atoms with Crippen molar-refractivity contribution < 1.29 is 19.8 Å². The molecule has 202 valence electrons. The van der Waals surface area contributed by atoms with Crippen LogP contribution in [0.3, 0.4) is 0 Å². The van der Waals surface area contributed by atoms with Crippen LogP contribution in [-0.4, -0.2) is 38.3 Å². The largest absolute Gasteiger partial charge is 0.480 e. The number of aryl methyl sites for hydroxylation is 1. The Balaban J connectivity index is 2.56. The molecule has 0 aliphatic heterocycles. The fraction of sp³-hybridized carbons (Fsp3) is 0.548. The summed E-state index contributed by atoms with van der Waals surface area (Å²) in [5.41, 5.74) is 3.27. The normalized spacial score (nSPS) is 12.7. The molecule has 0 aliphatic rings. The van der Waals surface area contributed by atoms with Crippen LogP contribution >= 0.6 is 0 Å². The maximum absolute atomic E-state index is 13.2. The molecule has 0 radical (unpaired) electrons. The molecule has 6 nitrogen and oxygen atoms in total. The summed E-state index contributed by atoms with van der Waals surface area (Å²) in [7, 11) is 0. The molecule has 37 heavy (non-hydrogen) atoms. The molecule has 1 heterocycles. The summed E-state index contributed by atoms with van der Waals surface area (Å²) in [6.45, 7) is 16.4. The quantitative estimate of drug-likeness (QED) is 0.341. The van der Waals surface area contributed by atoms with Gasteiger partial charge in [-0.05, 0) is 74.8 Å². The van der Waals surface area contributed by atoms with E-state index in [1.165, 1.54) is 0 Å². The van der Waals surface area contributed by atoms with Crippen molar-refractivity contribution >= 4 is 11.9 Å². The van der Waals surface area contributed by atoms with E-state index in [1.807, 2.05) is 44.4 Å². The number of nitrogens with zero attached hydrogens (tertiary/aromatic N) is 1. The molecule has 0 saturated heterocycles. The zero-order valence-corrected chi connectivity index (χ0v) is 23.7. The molecule has 1 atom stereocenters. The number of aromatic nitrogens is 1. The summed E-state index contributed by atoms with van der Waals surface area (Å²) < 4.78 is 2.01. The topological polar surface area (TPSA) is 91.6 Å². The van der Waals surface area contributed by atoms with Crippen molar-refractivity contribution in [3.63, 3.8) is 0 Å². The Morgan fingerprint density at radius 2 is 1.62 bits per heavy atom. The van der Waals surface area contributed by atoms with Gasteiger partial charge in [-0.15, -0.1) is 0 Å². The molecule has 0 bridgehead atoms. The monoisotopic (exact) mass is 508 g/mol. The Labute approximate surface area is 222 Å². The van der Waals surface area contributed by atoms with Crippen molar-refractivity contribution in [3.8, 4) is 11.8 Å². The van der Waals surface area contributed by atoms with Crippen molar-refractivity contribution in [2.24, 2.45) is 5.92 Å². The third kappa shape index (κ3) is 6.27. The van der Waals surface area contributed by atoms with E-state index in [-0.39, 0.29) is 17.2 Å². The van der Waals surface area contributed by atoms with Crippen molar-refractivity contribution in [1.82, 2.24) is 9.88 Å². The standard InChI is InChI=1S/C31H44N2O4/c1-9-30(37,10-2)19-18-23-14-15-24(20-22(23)8)31(11-3,12-4)26-17-16-25(33(26)13-5)28(34)32-27(21(6)7)29(35)36/h14-17,20-21,27,37H,9-13H2,1-8H3,(H,32,34)(H,35,36)/t27-/m0/s1. The van der Waals surface area contributed by atoms with Crippen molar-refractivity contribution in [3.05, 3.63) is 58.4 Å². The smallest absolute Gasteiger partial charge is 0.326 e. The van der Waals surface area contributed by atoms with Crippen molar-refractivity contribution in [2.45, 2.75) is 105 Å². The van der Waals surface area contributed by atoms with E-state index in [4.69, 9.17) is 0 Å². The molecule has 1 aromatic heterocycles. The third-order valence-electron chi connectivity index (χ3n) is 7.82. The maximum atomic E-state index is 13.2. The number of carboxylic acids is 1. The Bertz CT molecular complexity index is 1160. The molecule has 2 aromatic rings. The molecular formula is C31H44N2O4. The van der Waals surface area contributed by atoms with Gasteiger partial charge in [0.25, 0.3) is 5.91 Å². The Hall–Kier alpha value is -3.04. The summed E-state index contributed by atoms with van der Waals surface area (Å²) in [5.74, 6) is 4.59. The number of carboxylic acid groups (broad SMARTS) is 1. The van der Waals surface area contributed by atoms with E-state index in [2.05, 4.69) is 43.1 Å². The van der Waals surface area contributed by atoms with Gasteiger partial charge >= 0.3 is 5.97 Å². The molecule has 1 aromatic carbocycles. The van der Waals surface area contributed by atoms with Crippen LogP contribution in [-0.2, 0) is 16.8 Å². The van der Waals surface area contributed by atoms with Crippen LogP contribution in [0.4, 0.5) is 0 Å². The van der Waals surface area contributed by atoms with Crippen LogP contribution in [0.25, 0.3) is 0 Å². The molecule has 0 fully saturated rings. The first-order chi connectivity index (χ1) is 17.4. The molecule has 0 aliphatic carbocycles. The number of hydrogen-bond acceptors (Lipinski definition) is 3. The van der Waals surface area contributed by atoms with E-state index < -0.39 is 17.6 Å². The lowest BCUT2D eigenvalue weighted by Crippen LogP contribution is -2.45. The van der Waals surface area contributed by atoms with Gasteiger partial charge in [-0.25, -0.2) is 4.79 Å². The van der Waals surface area contributed by atoms with Gasteiger partial charge in [0, 0.05) is 23.2 Å². The number of aliphatic hydroxyl groups is 1. The Morgan fingerprint density at radius 3 is 2.08 bits per heavy atom. The molecule has 6 heteroatoms. The molecule has 0 spiro atoms. The fourth-order valence-electron chi connectivity index (χ4n) is 5.03. The van der Waals surface area contributed by atoms with E-state index >= 15 is 0 Å². The summed E-state index contributed by atoms with van der Waals surface area (Å²) in [5, 5.41) is 22.8. The van der Waals surface area contributed by atoms with Crippen molar-refractivity contribution in [1.29, 1.82) is 0 Å². The predicted molar refractivity (Wildman–Crippen MR) is 149 cm³/mol. The lowest BCUT2D eigenvalue weighted by Gasteiger charge is -2.34. The number of nitrogens with one attached hydrogen (secondary N) is 1. The van der Waals surface area contributed by atoms with Gasteiger partial charge in [-0.2, -0.15) is 0 Å². The number of rotatable bonds is 11. The Kier molecular flexibility index (Phi) is 10.2. The molecule has 0 saturated carbocycles. The van der Waals surface area contributed by atoms with Crippen LogP contribution < -0.4 is 5.32 Å². The van der Waals surface area contributed by atoms with E-state index in [1.54, 1.807) is 19.9 Å². The summed E-state index contributed by atoms with van der Waals surface area (Å²) in [4.78, 5) is 24.8. The molecule has 1 amide bonds. The third-order valence-corrected chi connectivity index (χ3v) is 7.82. The highest BCUT2D eigenvalue weighted by molar-refractivity contribution is 5.95. The second-order valence-electron chi connectivity index (χ2n) is 10.2. The highest BCUT2D eigenvalue weighted by Gasteiger charge is 2.35. The van der Waals surface area contributed by atoms with Crippen LogP contribution in [0.2, 0.25) is 0 Å². The van der Waals surface area contributed by atoms with Gasteiger partial charge in [0.1, 0.15) is 17.3 Å². The van der Waals surface area contributed by atoms with Crippen LogP contribution in [0.5, 0.6) is 0 Å². The zero-order chi connectivity index (χ0) is 28.0. The second-order valence-corrected chi connectivity index (χ2v) is 10.2. The Morgan fingerprint density at radius 1 is 1.00 bits per heavy atom. The SMILES string of the molecule is CCn1c(C(=O)N[C@H](C(=O)O)C(C)C)ccc1C(CC)(CC)c1ccc(C#CC(O)(CC)CC)c(C)c1. The van der Waals surface area contributed by atoms with E-state index in [0.29, 0.717) is 25.1 Å². The summed E-state index contributed by atoms with van der Waals surface area (Å²) >= 11 is 0. The fourth-order valence-corrected chi connectivity index (χ4v) is 5.03. The lowest BCUT2D eigenvalue weighted by molar-refractivity contribution is -0.140. The highest BCUT2D eigenvalue weighted by atomic mass is 16.4. The first-order valence-corrected chi connectivity index (χ1v) is 13.5. The first-order valence-electron chi connectivity index (χ1n) is 13.5. The highest BCUT2D eigenvalue weighted by Crippen LogP contribution is 2.40. The van der Waals surface area contributed by atoms with Gasteiger partial charge in [0.05, 0.1) is 0 Å². The minimum atomic E-state index is -1.04. The average molecular weight is 509 g/mol. The molecule has 2 rings (SSSR count). The van der Waals surface area contributed by atoms with Crippen LogP contribution in [0.1, 0.15) is 107 Å². The van der Waals surface area contributed by atoms with Gasteiger partial charge in [-0.3, -0.25) is 4.79 Å². The maximum Gasteiger partial charge on any atom is 0.326 e. The number of aliphatic carboxylic acids is 1. The number of amides is 1. The van der Waals surface area contributed by atoms with Crippen LogP contribution in [0, 0.1) is 24.7 Å². The van der Waals surface area contributed by atoms with Gasteiger partial charge in [-0.1, -0.05) is 65.5 Å². The average Bonchev–Trinajstić information content (AvgIpc) is 3.31. The number of hydrogen-bond donors (Lipinski definition) is 3. The predicted octanol–water partition coefficient (Wildman–Crippen LogP) is 5.66. The molecule has 3 N–H and O–H groups in total. The lowest BCUT2D eigenvalue weighted by atomic mass is 9.72. The van der Waals surface area contributed by atoms with E-state index in [9.17, 15) is 19.8 Å². The van der Waals surface area contributed by atoms with Crippen molar-refractivity contribution in [2.75, 3.05) is 0 Å². The molecule has 0 unspecified atom stereocenters. The van der Waals surface area contributed by atoms with E-state index in [0.717, 1.165) is 35.2 Å². The van der Waals surface area contributed by atoms with Gasteiger partial charge in [0.2, 0.25) is 0 Å². The minimum absolute atomic E-state index is 0.230. The van der Waals surface area contributed by atoms with Crippen LogP contribution in [0.15, 0.2) is 30.3 Å². The van der Waals surface area contributed by atoms with Gasteiger partial charge < -0.3 is 20.1 Å². The number of carbonyl (C=O) groups excluding carboxylic acids is 1. The summed E-state index contributed by atoms with van der Waals surface area (Å²) in [6.07, 6.45) is 2.82. The first kappa shape index (κ1) is 30.2. The molecular weight excluding hydrogens is 464 g/mol. The second kappa shape index (κ2) is 12.5. The summed E-state index contributed by atoms with van der Waals surface area (Å²) in [6, 6.07) is 9.15. The number of carbonyl (C=O) groups is 2. The van der Waals surface area contributed by atoms with Gasteiger partial charge in [0.15, 0.2) is 0 Å². The minimum Gasteiger partial charge on any atom is -0.480 e. The number of benzene rings is 1. The zero-order valence-electron chi connectivity index (χ0n) is 23.7.